The van der Waals surface area contributed by atoms with Crippen LogP contribution in [0.15, 0.2) is 4.99 Å². The largest absolute Gasteiger partial charge is 0.382 e. The molecule has 6 nitrogen and oxygen atoms in total. The third-order valence-corrected chi connectivity index (χ3v) is 2.92. The summed E-state index contributed by atoms with van der Waals surface area (Å²) in [5, 5.41) is 0. The average Bonchev–Trinajstić information content (AvgIpc) is 2.37. The second-order valence-corrected chi connectivity index (χ2v) is 4.55. The van der Waals surface area contributed by atoms with Gasteiger partial charge in [0, 0.05) is 26.3 Å². The maximum Gasteiger partial charge on any atom is 0.208 e. The molecule has 2 unspecified atom stereocenters. The zero-order valence-electron chi connectivity index (χ0n) is 11.7. The van der Waals surface area contributed by atoms with Crippen LogP contribution in [0.25, 0.3) is 0 Å². The molecule has 0 spiro atoms. The number of aliphatic imine (C=N–C) groups is 1. The lowest BCUT2D eigenvalue weighted by Crippen LogP contribution is -2.55. The molecule has 0 aliphatic carbocycles. The first-order valence-electron chi connectivity index (χ1n) is 6.66. The van der Waals surface area contributed by atoms with E-state index >= 15 is 0 Å². The number of ether oxygens (including phenoxy) is 2. The van der Waals surface area contributed by atoms with Gasteiger partial charge in [-0.15, -0.1) is 0 Å². The summed E-state index contributed by atoms with van der Waals surface area (Å²) < 4.78 is 10.9. The van der Waals surface area contributed by atoms with Gasteiger partial charge in [-0.3, -0.25) is 10.4 Å². The molecule has 1 saturated heterocycles. The summed E-state index contributed by atoms with van der Waals surface area (Å²) in [5.74, 6) is 6.30. The van der Waals surface area contributed by atoms with Crippen LogP contribution in [-0.2, 0) is 9.47 Å². The molecule has 0 radical (unpaired) electrons. The van der Waals surface area contributed by atoms with Gasteiger partial charge < -0.3 is 14.4 Å². The Morgan fingerprint density at radius 1 is 1.56 bits per heavy atom. The molecule has 18 heavy (non-hydrogen) atoms. The van der Waals surface area contributed by atoms with E-state index in [-0.39, 0.29) is 6.10 Å². The highest BCUT2D eigenvalue weighted by molar-refractivity contribution is 5.79. The van der Waals surface area contributed by atoms with Crippen LogP contribution in [0.5, 0.6) is 0 Å². The highest BCUT2D eigenvalue weighted by atomic mass is 16.5. The Bertz CT molecular complexity index is 260. The minimum absolute atomic E-state index is 0.211. The average molecular weight is 258 g/mol. The van der Waals surface area contributed by atoms with Crippen molar-refractivity contribution in [1.82, 2.24) is 10.3 Å². The maximum absolute atomic E-state index is 5.59. The SMILES string of the molecule is CCOCCCN=C(NN)N1CC(C)OCC1C. The minimum atomic E-state index is 0.211. The van der Waals surface area contributed by atoms with Crippen LogP contribution >= 0.6 is 0 Å². The first kappa shape index (κ1) is 15.2. The van der Waals surface area contributed by atoms with Crippen LogP contribution in [0, 0.1) is 0 Å². The van der Waals surface area contributed by atoms with Crippen molar-refractivity contribution in [2.75, 3.05) is 32.9 Å². The van der Waals surface area contributed by atoms with Crippen LogP contribution in [-0.4, -0.2) is 55.9 Å². The zero-order chi connectivity index (χ0) is 13.4. The van der Waals surface area contributed by atoms with Crippen molar-refractivity contribution < 1.29 is 9.47 Å². The Hall–Kier alpha value is -0.850. The molecular formula is C12H26N4O2. The number of hydrogen-bond donors (Lipinski definition) is 2. The van der Waals surface area contributed by atoms with Gasteiger partial charge in [-0.2, -0.15) is 0 Å². The number of nitrogens with zero attached hydrogens (tertiary/aromatic N) is 2. The Labute approximate surface area is 109 Å². The highest BCUT2D eigenvalue weighted by Gasteiger charge is 2.25. The second-order valence-electron chi connectivity index (χ2n) is 4.55. The molecule has 1 aliphatic heterocycles. The van der Waals surface area contributed by atoms with Crippen molar-refractivity contribution in [1.29, 1.82) is 0 Å². The number of morpholine rings is 1. The van der Waals surface area contributed by atoms with Gasteiger partial charge in [-0.1, -0.05) is 0 Å². The van der Waals surface area contributed by atoms with Gasteiger partial charge in [-0.25, -0.2) is 5.84 Å². The fourth-order valence-corrected chi connectivity index (χ4v) is 1.91. The quantitative estimate of drug-likeness (QED) is 0.245. The van der Waals surface area contributed by atoms with Crippen LogP contribution in [0.1, 0.15) is 27.2 Å². The normalized spacial score (nSPS) is 25.3. The van der Waals surface area contributed by atoms with Crippen LogP contribution < -0.4 is 11.3 Å². The summed E-state index contributed by atoms with van der Waals surface area (Å²) >= 11 is 0. The molecular weight excluding hydrogens is 232 g/mol. The Morgan fingerprint density at radius 2 is 2.33 bits per heavy atom. The van der Waals surface area contributed by atoms with E-state index in [4.69, 9.17) is 15.3 Å². The summed E-state index contributed by atoms with van der Waals surface area (Å²) in [7, 11) is 0. The molecule has 0 bridgehead atoms. The number of nitrogens with one attached hydrogen (secondary N) is 1. The summed E-state index contributed by atoms with van der Waals surface area (Å²) in [6.07, 6.45) is 1.12. The number of guanidine groups is 1. The second kappa shape index (κ2) is 8.29. The first-order chi connectivity index (χ1) is 8.69. The minimum Gasteiger partial charge on any atom is -0.382 e. The van der Waals surface area contributed by atoms with E-state index in [1.54, 1.807) is 0 Å². The molecule has 1 fully saturated rings. The van der Waals surface area contributed by atoms with Gasteiger partial charge >= 0.3 is 0 Å². The van der Waals surface area contributed by atoms with E-state index in [9.17, 15) is 0 Å². The fraction of sp³-hybridized carbons (Fsp3) is 0.917. The van der Waals surface area contributed by atoms with E-state index in [0.29, 0.717) is 12.6 Å². The summed E-state index contributed by atoms with van der Waals surface area (Å²) in [4.78, 5) is 6.66. The lowest BCUT2D eigenvalue weighted by Gasteiger charge is -2.38. The van der Waals surface area contributed by atoms with Crippen LogP contribution in [0.2, 0.25) is 0 Å². The molecule has 106 valence electrons. The molecule has 0 saturated carbocycles. The predicted octanol–water partition coefficient (Wildman–Crippen LogP) is 0.342. The summed E-state index contributed by atoms with van der Waals surface area (Å²) in [6.45, 7) is 9.90. The molecule has 1 heterocycles. The lowest BCUT2D eigenvalue weighted by atomic mass is 10.2. The lowest BCUT2D eigenvalue weighted by molar-refractivity contribution is -0.0236. The molecule has 6 heteroatoms. The number of rotatable bonds is 5. The molecule has 1 rings (SSSR count). The number of hydrazine groups is 1. The topological polar surface area (TPSA) is 72.1 Å². The Kier molecular flexibility index (Phi) is 7.00. The molecule has 0 aromatic carbocycles. The van der Waals surface area contributed by atoms with Crippen LogP contribution in [0.3, 0.4) is 0 Å². The third-order valence-electron chi connectivity index (χ3n) is 2.92. The smallest absolute Gasteiger partial charge is 0.208 e. The summed E-state index contributed by atoms with van der Waals surface area (Å²) in [6, 6.07) is 0.294. The van der Waals surface area contributed by atoms with Crippen molar-refractivity contribution in [2.45, 2.75) is 39.3 Å². The monoisotopic (exact) mass is 258 g/mol. The van der Waals surface area contributed by atoms with Gasteiger partial charge in [-0.05, 0) is 27.2 Å². The number of nitrogens with two attached hydrogens (primary N) is 1. The summed E-state index contributed by atoms with van der Waals surface area (Å²) in [5.41, 5.74) is 2.69. The molecule has 0 aromatic heterocycles. The van der Waals surface area contributed by atoms with E-state index in [1.165, 1.54) is 0 Å². The van der Waals surface area contributed by atoms with E-state index < -0.39 is 0 Å². The Balaban J connectivity index is 2.44. The molecule has 1 aliphatic rings. The van der Waals surface area contributed by atoms with E-state index in [2.05, 4.69) is 29.2 Å². The van der Waals surface area contributed by atoms with Crippen molar-refractivity contribution in [2.24, 2.45) is 10.8 Å². The van der Waals surface area contributed by atoms with E-state index in [1.807, 2.05) is 6.92 Å². The first-order valence-corrected chi connectivity index (χ1v) is 6.66. The fourth-order valence-electron chi connectivity index (χ4n) is 1.91. The van der Waals surface area contributed by atoms with Gasteiger partial charge in [0.05, 0.1) is 18.8 Å². The highest BCUT2D eigenvalue weighted by Crippen LogP contribution is 2.11. The van der Waals surface area contributed by atoms with Crippen molar-refractivity contribution >= 4 is 5.96 Å². The van der Waals surface area contributed by atoms with Crippen molar-refractivity contribution in [3.05, 3.63) is 0 Å². The molecule has 0 aromatic rings. The van der Waals surface area contributed by atoms with Gasteiger partial charge in [0.1, 0.15) is 0 Å². The van der Waals surface area contributed by atoms with Crippen molar-refractivity contribution in [3.63, 3.8) is 0 Å². The standard InChI is InChI=1S/C12H26N4O2/c1-4-17-7-5-6-14-12(15-13)16-8-11(3)18-9-10(16)2/h10-11H,4-9,13H2,1-3H3,(H,14,15). The maximum atomic E-state index is 5.59. The Morgan fingerprint density at radius 3 is 3.00 bits per heavy atom. The zero-order valence-corrected chi connectivity index (χ0v) is 11.7. The predicted molar refractivity (Wildman–Crippen MR) is 72.3 cm³/mol. The molecule has 2 atom stereocenters. The van der Waals surface area contributed by atoms with E-state index in [0.717, 1.165) is 38.7 Å². The molecule has 3 N–H and O–H groups in total. The van der Waals surface area contributed by atoms with Gasteiger partial charge in [0.2, 0.25) is 5.96 Å². The van der Waals surface area contributed by atoms with Gasteiger partial charge in [0.25, 0.3) is 0 Å². The van der Waals surface area contributed by atoms with Gasteiger partial charge in [0.15, 0.2) is 0 Å². The van der Waals surface area contributed by atoms with Crippen LogP contribution in [0.4, 0.5) is 0 Å². The third kappa shape index (κ3) is 4.80. The van der Waals surface area contributed by atoms with Crippen molar-refractivity contribution in [3.8, 4) is 0 Å². The molecule has 0 amide bonds. The number of hydrogen-bond acceptors (Lipinski definition) is 4.